The van der Waals surface area contributed by atoms with Crippen LogP contribution in [-0.2, 0) is 4.79 Å². The Bertz CT molecular complexity index is 435. The molecule has 1 aliphatic heterocycles. The average Bonchev–Trinajstić information content (AvgIpc) is 2.25. The van der Waals surface area contributed by atoms with Crippen molar-refractivity contribution in [2.45, 2.75) is 17.1 Å². The smallest absolute Gasteiger partial charge is 0.241 e. The molecule has 1 aromatic rings. The van der Waals surface area contributed by atoms with Crippen molar-refractivity contribution in [2.75, 3.05) is 11.4 Å². The lowest BCUT2D eigenvalue weighted by atomic mass is 10.2. The van der Waals surface area contributed by atoms with Crippen LogP contribution in [0.1, 0.15) is 6.92 Å². The van der Waals surface area contributed by atoms with Gasteiger partial charge < -0.3 is 0 Å². The van der Waals surface area contributed by atoms with E-state index in [1.54, 1.807) is 16.7 Å². The number of terminal acetylenes is 1. The van der Waals surface area contributed by atoms with Gasteiger partial charge in [-0.2, -0.15) is 0 Å². The predicted molar refractivity (Wildman–Crippen MR) is 62.9 cm³/mol. The number of benzene rings is 1. The molecular formula is C12H11NOS. The predicted octanol–water partition coefficient (Wildman–Crippen LogP) is 2.15. The first-order valence-corrected chi connectivity index (χ1v) is 5.62. The molecule has 1 aliphatic rings. The number of thioether (sulfide) groups is 1. The van der Waals surface area contributed by atoms with E-state index in [0.29, 0.717) is 6.54 Å². The van der Waals surface area contributed by atoms with Crippen molar-refractivity contribution in [3.05, 3.63) is 24.3 Å². The molecule has 1 atom stereocenters. The molecule has 1 amide bonds. The number of carbonyl (C=O) groups is 1. The molecule has 0 unspecified atom stereocenters. The number of carbonyl (C=O) groups excluding carboxylic acids is 1. The summed E-state index contributed by atoms with van der Waals surface area (Å²) in [6.07, 6.45) is 5.27. The topological polar surface area (TPSA) is 20.3 Å². The van der Waals surface area contributed by atoms with Gasteiger partial charge in [-0.05, 0) is 19.1 Å². The van der Waals surface area contributed by atoms with Crippen LogP contribution in [0, 0.1) is 12.3 Å². The van der Waals surface area contributed by atoms with Crippen LogP contribution in [0.25, 0.3) is 0 Å². The molecule has 0 fully saturated rings. The van der Waals surface area contributed by atoms with Crippen LogP contribution in [0.5, 0.6) is 0 Å². The number of nitrogens with zero attached hydrogens (tertiary/aromatic N) is 1. The number of rotatable bonds is 1. The Morgan fingerprint density at radius 3 is 3.00 bits per heavy atom. The van der Waals surface area contributed by atoms with Gasteiger partial charge in [-0.15, -0.1) is 18.2 Å². The molecule has 0 radical (unpaired) electrons. The highest BCUT2D eigenvalue weighted by molar-refractivity contribution is 8.00. The summed E-state index contributed by atoms with van der Waals surface area (Å²) in [4.78, 5) is 14.7. The summed E-state index contributed by atoms with van der Waals surface area (Å²) in [7, 11) is 0. The van der Waals surface area contributed by atoms with E-state index in [1.807, 2.05) is 31.2 Å². The van der Waals surface area contributed by atoms with Crippen molar-refractivity contribution in [1.29, 1.82) is 0 Å². The van der Waals surface area contributed by atoms with E-state index in [1.165, 1.54) is 0 Å². The normalized spacial score (nSPS) is 19.6. The zero-order chi connectivity index (χ0) is 10.8. The molecule has 2 rings (SSSR count). The van der Waals surface area contributed by atoms with Gasteiger partial charge in [0, 0.05) is 4.90 Å². The summed E-state index contributed by atoms with van der Waals surface area (Å²) in [6.45, 7) is 2.26. The highest BCUT2D eigenvalue weighted by Crippen LogP contribution is 2.38. The van der Waals surface area contributed by atoms with Gasteiger partial charge in [-0.1, -0.05) is 18.1 Å². The standard InChI is InChI=1S/C12H11NOS/c1-3-8-13-10-6-4-5-7-11(10)15-9(2)12(13)14/h1,4-7,9H,8H2,2H3/t9-/m1/s1. The molecule has 0 aromatic heterocycles. The third-order valence-electron chi connectivity index (χ3n) is 2.32. The van der Waals surface area contributed by atoms with Gasteiger partial charge in [0.25, 0.3) is 0 Å². The highest BCUT2D eigenvalue weighted by atomic mass is 32.2. The second kappa shape index (κ2) is 4.00. The fourth-order valence-corrected chi connectivity index (χ4v) is 2.68. The Morgan fingerprint density at radius 2 is 2.27 bits per heavy atom. The van der Waals surface area contributed by atoms with Crippen LogP contribution >= 0.6 is 11.8 Å². The van der Waals surface area contributed by atoms with Gasteiger partial charge in [0.1, 0.15) is 0 Å². The Balaban J connectivity index is 2.45. The fourth-order valence-electron chi connectivity index (χ4n) is 1.61. The molecule has 1 aromatic carbocycles. The van der Waals surface area contributed by atoms with Crippen molar-refractivity contribution < 1.29 is 4.79 Å². The van der Waals surface area contributed by atoms with E-state index < -0.39 is 0 Å². The maximum atomic E-state index is 11.9. The first-order valence-electron chi connectivity index (χ1n) is 4.74. The summed E-state index contributed by atoms with van der Waals surface area (Å²) in [6, 6.07) is 7.85. The second-order valence-corrected chi connectivity index (χ2v) is 4.74. The van der Waals surface area contributed by atoms with Crippen molar-refractivity contribution in [3.63, 3.8) is 0 Å². The summed E-state index contributed by atoms with van der Waals surface area (Å²) >= 11 is 1.59. The molecule has 3 heteroatoms. The summed E-state index contributed by atoms with van der Waals surface area (Å²) in [5.41, 5.74) is 0.934. The van der Waals surface area contributed by atoms with Crippen molar-refractivity contribution in [3.8, 4) is 12.3 Å². The lowest BCUT2D eigenvalue weighted by Gasteiger charge is -2.30. The summed E-state index contributed by atoms with van der Waals surface area (Å²) < 4.78 is 0. The number of hydrogen-bond donors (Lipinski definition) is 0. The quantitative estimate of drug-likeness (QED) is 0.672. The van der Waals surface area contributed by atoms with Crippen LogP contribution in [0.3, 0.4) is 0 Å². The largest absolute Gasteiger partial charge is 0.299 e. The fraction of sp³-hybridized carbons (Fsp3) is 0.250. The van der Waals surface area contributed by atoms with E-state index in [-0.39, 0.29) is 11.2 Å². The van der Waals surface area contributed by atoms with Crippen LogP contribution in [0.2, 0.25) is 0 Å². The molecule has 0 N–H and O–H groups in total. The lowest BCUT2D eigenvalue weighted by Crippen LogP contribution is -2.39. The monoisotopic (exact) mass is 217 g/mol. The number of amides is 1. The molecule has 2 nitrogen and oxygen atoms in total. The van der Waals surface area contributed by atoms with Crippen LogP contribution in [-0.4, -0.2) is 17.7 Å². The molecule has 15 heavy (non-hydrogen) atoms. The number of hydrogen-bond acceptors (Lipinski definition) is 2. The maximum absolute atomic E-state index is 11.9. The lowest BCUT2D eigenvalue weighted by molar-refractivity contribution is -0.117. The van der Waals surface area contributed by atoms with Gasteiger partial charge in [-0.25, -0.2) is 0 Å². The van der Waals surface area contributed by atoms with E-state index >= 15 is 0 Å². The van der Waals surface area contributed by atoms with Gasteiger partial charge in [0.05, 0.1) is 17.5 Å². The molecule has 1 heterocycles. The first kappa shape index (κ1) is 10.1. The van der Waals surface area contributed by atoms with Gasteiger partial charge in [0.15, 0.2) is 0 Å². The number of anilines is 1. The Morgan fingerprint density at radius 1 is 1.53 bits per heavy atom. The Hall–Kier alpha value is -1.40. The maximum Gasteiger partial charge on any atom is 0.241 e. The first-order chi connectivity index (χ1) is 7.24. The number of fused-ring (bicyclic) bond motifs is 1. The molecule has 0 bridgehead atoms. The zero-order valence-electron chi connectivity index (χ0n) is 8.43. The molecule has 76 valence electrons. The van der Waals surface area contributed by atoms with E-state index in [2.05, 4.69) is 5.92 Å². The van der Waals surface area contributed by atoms with E-state index in [9.17, 15) is 4.79 Å². The Labute approximate surface area is 93.7 Å². The SMILES string of the molecule is C#CCN1C(=O)[C@@H](C)Sc2ccccc21. The molecule has 0 aliphatic carbocycles. The summed E-state index contributed by atoms with van der Waals surface area (Å²) in [5.74, 6) is 2.62. The number of para-hydroxylation sites is 1. The zero-order valence-corrected chi connectivity index (χ0v) is 9.25. The third-order valence-corrected chi connectivity index (χ3v) is 3.48. The Kier molecular flexibility index (Phi) is 2.70. The molecule has 0 saturated carbocycles. The van der Waals surface area contributed by atoms with Crippen LogP contribution in [0.4, 0.5) is 5.69 Å². The average molecular weight is 217 g/mol. The van der Waals surface area contributed by atoms with E-state index in [4.69, 9.17) is 6.42 Å². The highest BCUT2D eigenvalue weighted by Gasteiger charge is 2.29. The third kappa shape index (κ3) is 1.73. The molecule has 0 spiro atoms. The van der Waals surface area contributed by atoms with Crippen molar-refractivity contribution in [1.82, 2.24) is 0 Å². The van der Waals surface area contributed by atoms with E-state index in [0.717, 1.165) is 10.6 Å². The van der Waals surface area contributed by atoms with Crippen molar-refractivity contribution in [2.24, 2.45) is 0 Å². The molecule has 0 saturated heterocycles. The minimum atomic E-state index is -0.0479. The van der Waals surface area contributed by atoms with Crippen LogP contribution < -0.4 is 4.90 Å². The minimum absolute atomic E-state index is 0.0479. The van der Waals surface area contributed by atoms with Crippen LogP contribution in [0.15, 0.2) is 29.2 Å². The van der Waals surface area contributed by atoms with Gasteiger partial charge in [0.2, 0.25) is 5.91 Å². The molecular weight excluding hydrogens is 206 g/mol. The van der Waals surface area contributed by atoms with Crippen molar-refractivity contribution >= 4 is 23.4 Å². The van der Waals surface area contributed by atoms with Gasteiger partial charge >= 0.3 is 0 Å². The van der Waals surface area contributed by atoms with Gasteiger partial charge in [-0.3, -0.25) is 9.69 Å². The minimum Gasteiger partial charge on any atom is -0.299 e. The second-order valence-electron chi connectivity index (χ2n) is 3.36. The summed E-state index contributed by atoms with van der Waals surface area (Å²) in [5, 5.41) is -0.0479.